The van der Waals surface area contributed by atoms with Crippen molar-refractivity contribution in [1.29, 1.82) is 0 Å². The molecule has 55 heavy (non-hydrogen) atoms. The molecule has 0 fully saturated rings. The molecule has 0 atom stereocenters. The molecule has 4 nitrogen and oxygen atoms in total. The highest BCUT2D eigenvalue weighted by Gasteiger charge is 2.21. The Bertz CT molecular complexity index is 2350. The molecule has 0 radical (unpaired) electrons. The van der Waals surface area contributed by atoms with E-state index < -0.39 is 0 Å². The van der Waals surface area contributed by atoms with Crippen molar-refractivity contribution in [2.75, 3.05) is 0 Å². The number of aromatic nitrogens is 4. The Kier molecular flexibility index (Phi) is 11.2. The van der Waals surface area contributed by atoms with Crippen LogP contribution in [0.1, 0.15) is 103 Å². The van der Waals surface area contributed by atoms with Crippen molar-refractivity contribution in [3.05, 3.63) is 138 Å². The molecule has 2 aromatic heterocycles. The third-order valence-corrected chi connectivity index (χ3v) is 11.6. The quantitative estimate of drug-likeness (QED) is 0.112. The average molecular weight is 729 g/mol. The van der Waals surface area contributed by atoms with Crippen molar-refractivity contribution in [2.24, 2.45) is 11.3 Å². The first-order valence-electron chi connectivity index (χ1n) is 20.6. The van der Waals surface area contributed by atoms with Crippen LogP contribution in [0.25, 0.3) is 50.3 Å². The zero-order valence-electron chi connectivity index (χ0n) is 34.5. The molecule has 0 aliphatic carbocycles. The number of aryl methyl sites for hydroxylation is 3. The monoisotopic (exact) mass is 728 g/mol. The lowest BCUT2D eigenvalue weighted by Crippen LogP contribution is -2.15. The van der Waals surface area contributed by atoms with Gasteiger partial charge in [0.25, 0.3) is 0 Å². The van der Waals surface area contributed by atoms with E-state index in [1.807, 2.05) is 0 Å². The van der Waals surface area contributed by atoms with Crippen LogP contribution in [0.15, 0.2) is 115 Å². The molecule has 0 unspecified atom stereocenters. The molecule has 0 aliphatic rings. The third-order valence-electron chi connectivity index (χ3n) is 11.6. The highest BCUT2D eigenvalue weighted by Crippen LogP contribution is 2.34. The van der Waals surface area contributed by atoms with E-state index in [0.29, 0.717) is 11.3 Å². The first-order valence-corrected chi connectivity index (χ1v) is 20.6. The number of rotatable bonds is 14. The van der Waals surface area contributed by atoms with Crippen LogP contribution in [0.3, 0.4) is 0 Å². The molecule has 0 saturated carbocycles. The van der Waals surface area contributed by atoms with Gasteiger partial charge in [-0.2, -0.15) is 0 Å². The fourth-order valence-corrected chi connectivity index (χ4v) is 7.97. The second-order valence-electron chi connectivity index (χ2n) is 18.0. The zero-order chi connectivity index (χ0) is 38.7. The Morgan fingerprint density at radius 3 is 1.62 bits per heavy atom. The average Bonchev–Trinajstić information content (AvgIpc) is 3.74. The fraction of sp³-hybridized carbons (Fsp3) is 0.373. The third kappa shape index (κ3) is 8.64. The summed E-state index contributed by atoms with van der Waals surface area (Å²) >= 11 is 0. The fourth-order valence-electron chi connectivity index (χ4n) is 7.97. The maximum Gasteiger partial charge on any atom is 0.168 e. The van der Waals surface area contributed by atoms with Crippen LogP contribution < -0.4 is 0 Å². The van der Waals surface area contributed by atoms with Gasteiger partial charge in [0.1, 0.15) is 0 Å². The summed E-state index contributed by atoms with van der Waals surface area (Å²) in [4.78, 5) is 0. The van der Waals surface area contributed by atoms with E-state index in [1.165, 1.54) is 56.9 Å². The lowest BCUT2D eigenvalue weighted by molar-refractivity contribution is 0.365. The smallest absolute Gasteiger partial charge is 0.168 e. The molecular weight excluding hydrogens is 669 g/mol. The van der Waals surface area contributed by atoms with Gasteiger partial charge in [0, 0.05) is 45.2 Å². The van der Waals surface area contributed by atoms with Crippen molar-refractivity contribution in [3.8, 4) is 28.5 Å². The second-order valence-corrected chi connectivity index (χ2v) is 18.0. The van der Waals surface area contributed by atoms with Crippen molar-refractivity contribution >= 4 is 21.8 Å². The SMILES string of the molecule is CCC(C)(C)c1ccc(-c2nnc(-c3ccc(CCCc4ccc5c(c4)c4cc(CCCC(C)(C)C)ccc4n5CC(C)C)cc3)n2-c2ccccc2)cc1. The van der Waals surface area contributed by atoms with E-state index in [9.17, 15) is 0 Å². The lowest BCUT2D eigenvalue weighted by atomic mass is 9.82. The normalized spacial score (nSPS) is 12.4. The first kappa shape index (κ1) is 38.3. The Labute approximate surface area is 329 Å². The van der Waals surface area contributed by atoms with Gasteiger partial charge >= 0.3 is 0 Å². The second kappa shape index (κ2) is 16.0. The number of benzene rings is 5. The first-order chi connectivity index (χ1) is 26.4. The number of nitrogens with zero attached hydrogens (tertiary/aromatic N) is 4. The van der Waals surface area contributed by atoms with Crippen LogP contribution in [0.2, 0.25) is 0 Å². The van der Waals surface area contributed by atoms with Crippen LogP contribution in [0.5, 0.6) is 0 Å². The standard InChI is InChI=1S/C51H60N4/c1-9-51(7,8)42-28-26-41(27-29-42)49-53-52-48(55(49)43-18-11-10-12-19-43)40-24-20-37(21-25-40)15-13-16-38-22-30-46-44(33-38)45-34-39(17-14-32-50(4,5)6)23-31-47(45)54(46)35-36(2)3/h10-12,18-31,33-34,36H,9,13-17,32,35H2,1-8H3. The van der Waals surface area contributed by atoms with Gasteiger partial charge in [-0.3, -0.25) is 4.57 Å². The summed E-state index contributed by atoms with van der Waals surface area (Å²) in [5, 5.41) is 12.3. The van der Waals surface area contributed by atoms with Crippen LogP contribution >= 0.6 is 0 Å². The summed E-state index contributed by atoms with van der Waals surface area (Å²) < 4.78 is 4.74. The van der Waals surface area contributed by atoms with Gasteiger partial charge in [0.2, 0.25) is 0 Å². The van der Waals surface area contributed by atoms with Crippen molar-refractivity contribution in [3.63, 3.8) is 0 Å². The molecular formula is C51H60N4. The predicted octanol–water partition coefficient (Wildman–Crippen LogP) is 13.6. The summed E-state index contributed by atoms with van der Waals surface area (Å²) in [6, 6.07) is 42.7. The Hall–Kier alpha value is -4.96. The van der Waals surface area contributed by atoms with Crippen molar-refractivity contribution in [2.45, 2.75) is 112 Å². The highest BCUT2D eigenvalue weighted by atomic mass is 15.3. The minimum atomic E-state index is 0.136. The zero-order valence-corrected chi connectivity index (χ0v) is 34.5. The van der Waals surface area contributed by atoms with Crippen LogP contribution in [-0.4, -0.2) is 19.3 Å². The molecule has 0 amide bonds. The van der Waals surface area contributed by atoms with Gasteiger partial charge in [-0.1, -0.05) is 134 Å². The number of para-hydroxylation sites is 1. The van der Waals surface area contributed by atoms with E-state index >= 15 is 0 Å². The van der Waals surface area contributed by atoms with Crippen LogP contribution in [0, 0.1) is 11.3 Å². The van der Waals surface area contributed by atoms with Crippen LogP contribution in [0.4, 0.5) is 0 Å². The summed E-state index contributed by atoms with van der Waals surface area (Å²) in [6.07, 6.45) is 7.89. The molecule has 284 valence electrons. The summed E-state index contributed by atoms with van der Waals surface area (Å²) in [5.41, 5.74) is 12.0. The van der Waals surface area contributed by atoms with E-state index in [2.05, 4.69) is 180 Å². The summed E-state index contributed by atoms with van der Waals surface area (Å²) in [6.45, 7) is 19.5. The molecule has 5 aromatic carbocycles. The minimum absolute atomic E-state index is 0.136. The van der Waals surface area contributed by atoms with Crippen molar-refractivity contribution < 1.29 is 0 Å². The largest absolute Gasteiger partial charge is 0.340 e. The van der Waals surface area contributed by atoms with Gasteiger partial charge in [-0.15, -0.1) is 10.2 Å². The maximum absolute atomic E-state index is 4.76. The van der Waals surface area contributed by atoms with Gasteiger partial charge in [-0.25, -0.2) is 0 Å². The molecule has 7 rings (SSSR count). The van der Waals surface area contributed by atoms with E-state index in [-0.39, 0.29) is 5.41 Å². The van der Waals surface area contributed by atoms with Gasteiger partial charge < -0.3 is 4.57 Å². The summed E-state index contributed by atoms with van der Waals surface area (Å²) in [7, 11) is 0. The molecule has 7 aromatic rings. The molecule has 0 bridgehead atoms. The lowest BCUT2D eigenvalue weighted by Gasteiger charge is -2.23. The molecule has 0 aliphatic heterocycles. The number of fused-ring (bicyclic) bond motifs is 3. The Balaban J connectivity index is 1.09. The molecule has 4 heteroatoms. The van der Waals surface area contributed by atoms with Crippen LogP contribution in [-0.2, 0) is 31.2 Å². The van der Waals surface area contributed by atoms with Crippen molar-refractivity contribution in [1.82, 2.24) is 19.3 Å². The topological polar surface area (TPSA) is 35.6 Å². The van der Waals surface area contributed by atoms with Gasteiger partial charge in [0.05, 0.1) is 0 Å². The van der Waals surface area contributed by atoms with Gasteiger partial charge in [0.15, 0.2) is 11.6 Å². The number of hydrogen-bond acceptors (Lipinski definition) is 2. The predicted molar refractivity (Wildman–Crippen MR) is 234 cm³/mol. The summed E-state index contributed by atoms with van der Waals surface area (Å²) in [5.74, 6) is 2.30. The molecule has 0 saturated heterocycles. The van der Waals surface area contributed by atoms with E-state index in [0.717, 1.165) is 67.1 Å². The molecule has 0 spiro atoms. The molecule has 0 N–H and O–H groups in total. The molecule has 2 heterocycles. The van der Waals surface area contributed by atoms with E-state index in [4.69, 9.17) is 10.2 Å². The van der Waals surface area contributed by atoms with Gasteiger partial charge in [-0.05, 0) is 120 Å². The Morgan fingerprint density at radius 1 is 0.582 bits per heavy atom. The Morgan fingerprint density at radius 2 is 1.09 bits per heavy atom. The minimum Gasteiger partial charge on any atom is -0.340 e. The number of hydrogen-bond donors (Lipinski definition) is 0. The van der Waals surface area contributed by atoms with E-state index in [1.54, 1.807) is 0 Å². The maximum atomic E-state index is 4.76. The highest BCUT2D eigenvalue weighted by molar-refractivity contribution is 6.08.